The van der Waals surface area contributed by atoms with Gasteiger partial charge in [-0.1, -0.05) is 0 Å². The smallest absolute Gasteiger partial charge is 0.264 e. The maximum atomic E-state index is 11.0. The van der Waals surface area contributed by atoms with E-state index in [1.807, 2.05) is 0 Å². The Labute approximate surface area is 104 Å². The zero-order valence-electron chi connectivity index (χ0n) is 10.5. The van der Waals surface area contributed by atoms with Crippen molar-refractivity contribution in [3.8, 4) is 0 Å². The summed E-state index contributed by atoms with van der Waals surface area (Å²) in [5.74, 6) is 2.79. The molecular formula is C13H22O3S. The summed E-state index contributed by atoms with van der Waals surface area (Å²) in [5.41, 5.74) is 0.430. The van der Waals surface area contributed by atoms with Crippen molar-refractivity contribution < 1.29 is 12.6 Å². The summed E-state index contributed by atoms with van der Waals surface area (Å²) in [6.07, 6.45) is 10.4. The molecule has 0 aromatic carbocycles. The molecule has 0 aromatic rings. The summed E-state index contributed by atoms with van der Waals surface area (Å²) in [5, 5.41) is 0. The van der Waals surface area contributed by atoms with Crippen molar-refractivity contribution in [2.75, 3.05) is 12.9 Å². The van der Waals surface area contributed by atoms with Gasteiger partial charge in [0, 0.05) is 0 Å². The summed E-state index contributed by atoms with van der Waals surface area (Å²) in [6, 6.07) is 0. The van der Waals surface area contributed by atoms with Crippen molar-refractivity contribution in [2.24, 2.45) is 23.2 Å². The Morgan fingerprint density at radius 2 is 1.53 bits per heavy atom. The lowest BCUT2D eigenvalue weighted by molar-refractivity contribution is -0.0619. The lowest BCUT2D eigenvalue weighted by Crippen LogP contribution is -2.46. The molecule has 4 aliphatic carbocycles. The molecule has 4 heteroatoms. The van der Waals surface area contributed by atoms with Gasteiger partial charge >= 0.3 is 0 Å². The van der Waals surface area contributed by atoms with Crippen molar-refractivity contribution in [1.82, 2.24) is 0 Å². The minimum Gasteiger partial charge on any atom is -0.270 e. The van der Waals surface area contributed by atoms with Crippen LogP contribution in [0.15, 0.2) is 0 Å². The predicted molar refractivity (Wildman–Crippen MR) is 66.0 cm³/mol. The fraction of sp³-hybridized carbons (Fsp3) is 1.00. The maximum absolute atomic E-state index is 11.0. The van der Waals surface area contributed by atoms with Gasteiger partial charge in [-0.05, 0) is 68.1 Å². The first-order valence-corrected chi connectivity index (χ1v) is 8.60. The van der Waals surface area contributed by atoms with E-state index in [9.17, 15) is 8.42 Å². The van der Waals surface area contributed by atoms with E-state index in [1.54, 1.807) is 0 Å². The highest BCUT2D eigenvalue weighted by molar-refractivity contribution is 7.85. The van der Waals surface area contributed by atoms with Crippen molar-refractivity contribution in [3.05, 3.63) is 0 Å². The van der Waals surface area contributed by atoms with E-state index in [0.717, 1.165) is 30.4 Å². The van der Waals surface area contributed by atoms with Crippen LogP contribution in [0.25, 0.3) is 0 Å². The standard InChI is InChI=1S/C13H22O3S/c1-17(14,15)16-3-2-13-7-10-4-11(8-13)6-12(5-10)9-13/h10-12H,2-9H2,1H3. The van der Waals surface area contributed by atoms with E-state index in [4.69, 9.17) is 4.18 Å². The van der Waals surface area contributed by atoms with Gasteiger partial charge in [0.05, 0.1) is 12.9 Å². The molecule has 4 rings (SSSR count). The van der Waals surface area contributed by atoms with Gasteiger partial charge in [0.2, 0.25) is 0 Å². The average molecular weight is 258 g/mol. The second kappa shape index (κ2) is 3.95. The van der Waals surface area contributed by atoms with E-state index < -0.39 is 10.1 Å². The van der Waals surface area contributed by atoms with Crippen LogP contribution in [-0.4, -0.2) is 21.3 Å². The molecule has 0 unspecified atom stereocenters. The molecule has 0 amide bonds. The molecule has 0 spiro atoms. The van der Waals surface area contributed by atoms with Gasteiger partial charge in [-0.3, -0.25) is 4.18 Å². The van der Waals surface area contributed by atoms with Crippen LogP contribution >= 0.6 is 0 Å². The molecule has 4 fully saturated rings. The number of hydrogen-bond donors (Lipinski definition) is 0. The Balaban J connectivity index is 1.62. The molecule has 98 valence electrons. The topological polar surface area (TPSA) is 43.4 Å². The largest absolute Gasteiger partial charge is 0.270 e. The van der Waals surface area contributed by atoms with Gasteiger partial charge < -0.3 is 0 Å². The lowest BCUT2D eigenvalue weighted by atomic mass is 9.49. The van der Waals surface area contributed by atoms with Gasteiger partial charge in [0.15, 0.2) is 0 Å². The monoisotopic (exact) mass is 258 g/mol. The molecule has 4 bridgehead atoms. The van der Waals surface area contributed by atoms with E-state index in [0.29, 0.717) is 12.0 Å². The van der Waals surface area contributed by atoms with Gasteiger partial charge in [0.25, 0.3) is 10.1 Å². The van der Waals surface area contributed by atoms with Gasteiger partial charge in [-0.25, -0.2) is 0 Å². The van der Waals surface area contributed by atoms with E-state index >= 15 is 0 Å². The molecule has 0 N–H and O–H groups in total. The van der Waals surface area contributed by atoms with Crippen LogP contribution in [0.1, 0.15) is 44.9 Å². The highest BCUT2D eigenvalue weighted by Crippen LogP contribution is 2.61. The quantitative estimate of drug-likeness (QED) is 0.728. The van der Waals surface area contributed by atoms with Crippen molar-refractivity contribution in [3.63, 3.8) is 0 Å². The van der Waals surface area contributed by atoms with Gasteiger partial charge in [0.1, 0.15) is 0 Å². The normalized spacial score (nSPS) is 44.2. The van der Waals surface area contributed by atoms with Crippen LogP contribution in [0.2, 0.25) is 0 Å². The van der Waals surface area contributed by atoms with Gasteiger partial charge in [-0.15, -0.1) is 0 Å². The first kappa shape index (κ1) is 12.0. The Morgan fingerprint density at radius 3 is 1.94 bits per heavy atom. The number of rotatable bonds is 4. The first-order chi connectivity index (χ1) is 7.94. The Morgan fingerprint density at radius 1 is 1.06 bits per heavy atom. The predicted octanol–water partition coefficient (Wildman–Crippen LogP) is 2.57. The number of hydrogen-bond acceptors (Lipinski definition) is 3. The molecule has 17 heavy (non-hydrogen) atoms. The zero-order chi connectivity index (χ0) is 12.1. The van der Waals surface area contributed by atoms with Crippen molar-refractivity contribution in [2.45, 2.75) is 44.9 Å². The zero-order valence-corrected chi connectivity index (χ0v) is 11.3. The van der Waals surface area contributed by atoms with Crippen LogP contribution in [0.4, 0.5) is 0 Å². The Kier molecular flexibility index (Phi) is 2.78. The molecule has 0 saturated heterocycles. The fourth-order valence-corrected chi connectivity index (χ4v) is 5.39. The van der Waals surface area contributed by atoms with Crippen LogP contribution in [0.5, 0.6) is 0 Å². The van der Waals surface area contributed by atoms with E-state index in [2.05, 4.69) is 0 Å². The molecule has 4 saturated carbocycles. The van der Waals surface area contributed by atoms with Crippen molar-refractivity contribution >= 4 is 10.1 Å². The third-order valence-electron chi connectivity index (χ3n) is 5.09. The second-order valence-corrected chi connectivity index (χ2v) is 8.34. The molecule has 3 nitrogen and oxygen atoms in total. The molecule has 0 heterocycles. The molecular weight excluding hydrogens is 236 g/mol. The molecule has 0 atom stereocenters. The SMILES string of the molecule is CS(=O)(=O)OCCC12CC3CC(CC(C3)C1)C2. The van der Waals surface area contributed by atoms with Crippen LogP contribution in [-0.2, 0) is 14.3 Å². The maximum Gasteiger partial charge on any atom is 0.264 e. The van der Waals surface area contributed by atoms with E-state index in [1.165, 1.54) is 38.5 Å². The summed E-state index contributed by atoms with van der Waals surface area (Å²) >= 11 is 0. The molecule has 4 aliphatic rings. The average Bonchev–Trinajstić information content (AvgIpc) is 2.11. The molecule has 0 aromatic heterocycles. The van der Waals surface area contributed by atoms with Crippen LogP contribution in [0, 0.1) is 23.2 Å². The first-order valence-electron chi connectivity index (χ1n) is 6.79. The molecule has 0 radical (unpaired) electrons. The Bertz CT molecular complexity index is 364. The minimum atomic E-state index is -3.26. The summed E-state index contributed by atoms with van der Waals surface area (Å²) in [6.45, 7) is 0.394. The highest BCUT2D eigenvalue weighted by atomic mass is 32.2. The minimum absolute atomic E-state index is 0.394. The fourth-order valence-electron chi connectivity index (χ4n) is 5.01. The van der Waals surface area contributed by atoms with Crippen LogP contribution < -0.4 is 0 Å². The summed E-state index contributed by atoms with van der Waals surface area (Å²) in [4.78, 5) is 0. The highest BCUT2D eigenvalue weighted by Gasteiger charge is 2.50. The Hall–Kier alpha value is -0.0900. The summed E-state index contributed by atoms with van der Waals surface area (Å²) < 4.78 is 26.9. The van der Waals surface area contributed by atoms with E-state index in [-0.39, 0.29) is 0 Å². The molecule has 0 aliphatic heterocycles. The van der Waals surface area contributed by atoms with Crippen LogP contribution in [0.3, 0.4) is 0 Å². The third kappa shape index (κ3) is 2.53. The summed E-state index contributed by atoms with van der Waals surface area (Å²) in [7, 11) is -3.26. The lowest BCUT2D eigenvalue weighted by Gasteiger charge is -2.57. The third-order valence-corrected chi connectivity index (χ3v) is 5.69. The van der Waals surface area contributed by atoms with Crippen molar-refractivity contribution in [1.29, 1.82) is 0 Å². The second-order valence-electron chi connectivity index (χ2n) is 6.69. The van der Waals surface area contributed by atoms with Gasteiger partial charge in [-0.2, -0.15) is 8.42 Å².